The van der Waals surface area contributed by atoms with Crippen LogP contribution in [0, 0.1) is 0 Å². The Morgan fingerprint density at radius 3 is 2.69 bits per heavy atom. The first-order valence-corrected chi connectivity index (χ1v) is 9.28. The van der Waals surface area contributed by atoms with Crippen LogP contribution >= 0.6 is 11.8 Å². The van der Waals surface area contributed by atoms with E-state index in [4.69, 9.17) is 4.74 Å². The van der Waals surface area contributed by atoms with Crippen LogP contribution in [0.5, 0.6) is 5.75 Å². The zero-order valence-electron chi connectivity index (χ0n) is 15.0. The minimum absolute atomic E-state index is 0.130. The van der Waals surface area contributed by atoms with Gasteiger partial charge in [-0.1, -0.05) is 18.7 Å². The highest BCUT2D eigenvalue weighted by Crippen LogP contribution is 2.21. The van der Waals surface area contributed by atoms with Crippen LogP contribution < -0.4 is 15.4 Å². The molecule has 0 aliphatic carbocycles. The van der Waals surface area contributed by atoms with Gasteiger partial charge in [0.1, 0.15) is 11.8 Å². The summed E-state index contributed by atoms with van der Waals surface area (Å²) in [6.07, 6.45) is 0.851. The van der Waals surface area contributed by atoms with Crippen LogP contribution in [0.4, 0.5) is 0 Å². The average molecular weight is 377 g/mol. The van der Waals surface area contributed by atoms with Gasteiger partial charge in [0.25, 0.3) is 0 Å². The molecule has 1 aromatic carbocycles. The molecule has 1 heterocycles. The third kappa shape index (κ3) is 5.76. The third-order valence-corrected chi connectivity index (χ3v) is 4.33. The Hall–Kier alpha value is -2.55. The Kier molecular flexibility index (Phi) is 7.46. The van der Waals surface area contributed by atoms with Crippen LogP contribution in [0.3, 0.4) is 0 Å². The Balaban J connectivity index is 1.83. The van der Waals surface area contributed by atoms with Crippen LogP contribution in [0.1, 0.15) is 20.3 Å². The standard InChI is InChI=1S/C17H23N5O3S/c1-4-9-18-16(24)11(2)19-14(23)10-26-17-20-15(21-22-17)12-5-7-13(25-3)8-6-12/h5-8,11H,4,9-10H2,1-3H3,(H,18,24)(H,19,23)(H,20,21,22)/t11-/m0/s1. The highest BCUT2D eigenvalue weighted by molar-refractivity contribution is 7.99. The van der Waals surface area contributed by atoms with Crippen LogP contribution in [-0.4, -0.2) is 52.4 Å². The van der Waals surface area contributed by atoms with Gasteiger partial charge in [-0.2, -0.15) is 0 Å². The fourth-order valence-electron chi connectivity index (χ4n) is 2.07. The van der Waals surface area contributed by atoms with E-state index in [0.717, 1.165) is 17.7 Å². The first kappa shape index (κ1) is 19.8. The molecular weight excluding hydrogens is 354 g/mol. The minimum atomic E-state index is -0.573. The molecule has 0 aliphatic rings. The molecule has 2 aromatic rings. The average Bonchev–Trinajstić information content (AvgIpc) is 3.13. The van der Waals surface area contributed by atoms with Crippen molar-refractivity contribution in [3.63, 3.8) is 0 Å². The van der Waals surface area contributed by atoms with Gasteiger partial charge in [-0.05, 0) is 37.6 Å². The van der Waals surface area contributed by atoms with Crippen LogP contribution in [0.25, 0.3) is 11.4 Å². The molecule has 2 rings (SSSR count). The highest BCUT2D eigenvalue weighted by atomic mass is 32.2. The molecular formula is C17H23N5O3S. The predicted octanol–water partition coefficient (Wildman–Crippen LogP) is 1.60. The van der Waals surface area contributed by atoms with Gasteiger partial charge in [-0.15, -0.1) is 5.10 Å². The lowest BCUT2D eigenvalue weighted by Crippen LogP contribution is -2.45. The van der Waals surface area contributed by atoms with Gasteiger partial charge in [0, 0.05) is 12.1 Å². The lowest BCUT2D eigenvalue weighted by Gasteiger charge is -2.13. The Labute approximate surface area is 156 Å². The number of ether oxygens (including phenoxy) is 1. The third-order valence-electron chi connectivity index (χ3n) is 3.48. The van der Waals surface area contributed by atoms with Gasteiger partial charge < -0.3 is 15.4 Å². The van der Waals surface area contributed by atoms with Gasteiger partial charge in [-0.3, -0.25) is 14.7 Å². The summed E-state index contributed by atoms with van der Waals surface area (Å²) < 4.78 is 5.12. The molecule has 0 radical (unpaired) electrons. The molecule has 0 saturated heterocycles. The molecule has 0 fully saturated rings. The van der Waals surface area contributed by atoms with Gasteiger partial charge in [0.15, 0.2) is 5.82 Å². The van der Waals surface area contributed by atoms with Crippen molar-refractivity contribution in [1.29, 1.82) is 0 Å². The number of nitrogens with zero attached hydrogens (tertiary/aromatic N) is 2. The van der Waals surface area contributed by atoms with Crippen molar-refractivity contribution in [2.24, 2.45) is 0 Å². The number of methoxy groups -OCH3 is 1. The number of aromatic amines is 1. The number of H-pyrrole nitrogens is 1. The van der Waals surface area contributed by atoms with E-state index < -0.39 is 6.04 Å². The van der Waals surface area contributed by atoms with E-state index in [-0.39, 0.29) is 17.6 Å². The Bertz CT molecular complexity index is 732. The maximum Gasteiger partial charge on any atom is 0.242 e. The molecule has 0 saturated carbocycles. The number of nitrogens with one attached hydrogen (secondary N) is 3. The van der Waals surface area contributed by atoms with E-state index in [2.05, 4.69) is 25.8 Å². The molecule has 0 unspecified atom stereocenters. The number of hydrogen-bond acceptors (Lipinski definition) is 6. The summed E-state index contributed by atoms with van der Waals surface area (Å²) >= 11 is 1.20. The van der Waals surface area contributed by atoms with Crippen molar-refractivity contribution in [3.05, 3.63) is 24.3 Å². The SMILES string of the molecule is CCCNC(=O)[C@H](C)NC(=O)CSc1n[nH]c(-c2ccc(OC)cc2)n1. The zero-order valence-corrected chi connectivity index (χ0v) is 15.9. The molecule has 0 bridgehead atoms. The number of aromatic nitrogens is 3. The molecule has 0 spiro atoms. The second-order valence-electron chi connectivity index (χ2n) is 5.56. The fraction of sp³-hybridized carbons (Fsp3) is 0.412. The summed E-state index contributed by atoms with van der Waals surface area (Å²) in [4.78, 5) is 28.1. The summed E-state index contributed by atoms with van der Waals surface area (Å²) in [6.45, 7) is 4.22. The molecule has 1 aromatic heterocycles. The topological polar surface area (TPSA) is 109 Å². The first-order chi connectivity index (χ1) is 12.5. The van der Waals surface area contributed by atoms with Crippen molar-refractivity contribution >= 4 is 23.6 Å². The second-order valence-corrected chi connectivity index (χ2v) is 6.51. The normalized spacial score (nSPS) is 11.7. The predicted molar refractivity (Wildman–Crippen MR) is 100 cm³/mol. The van der Waals surface area contributed by atoms with E-state index in [1.807, 2.05) is 31.2 Å². The van der Waals surface area contributed by atoms with E-state index in [9.17, 15) is 9.59 Å². The van der Waals surface area contributed by atoms with Gasteiger partial charge in [0.2, 0.25) is 17.0 Å². The number of rotatable bonds is 9. The van der Waals surface area contributed by atoms with E-state index in [1.54, 1.807) is 14.0 Å². The van der Waals surface area contributed by atoms with Crippen LogP contribution in [0.15, 0.2) is 29.4 Å². The molecule has 2 amide bonds. The number of thioether (sulfide) groups is 1. The summed E-state index contributed by atoms with van der Waals surface area (Å²) in [5, 5.41) is 12.8. The Morgan fingerprint density at radius 1 is 1.31 bits per heavy atom. The molecule has 26 heavy (non-hydrogen) atoms. The number of carbonyl (C=O) groups excluding carboxylic acids is 2. The first-order valence-electron chi connectivity index (χ1n) is 8.30. The summed E-state index contributed by atoms with van der Waals surface area (Å²) in [6, 6.07) is 6.84. The molecule has 1 atom stereocenters. The van der Waals surface area contributed by atoms with E-state index >= 15 is 0 Å². The van der Waals surface area contributed by atoms with Gasteiger partial charge >= 0.3 is 0 Å². The summed E-state index contributed by atoms with van der Waals surface area (Å²) in [5.74, 6) is 1.07. The molecule has 0 aliphatic heterocycles. The molecule has 140 valence electrons. The maximum atomic E-state index is 12.0. The van der Waals surface area contributed by atoms with Crippen molar-refractivity contribution in [1.82, 2.24) is 25.8 Å². The summed E-state index contributed by atoms with van der Waals surface area (Å²) in [7, 11) is 1.61. The van der Waals surface area contributed by atoms with E-state index in [0.29, 0.717) is 17.5 Å². The number of benzene rings is 1. The fourth-order valence-corrected chi connectivity index (χ4v) is 2.68. The maximum absolute atomic E-state index is 12.0. The van der Waals surface area contributed by atoms with Crippen molar-refractivity contribution < 1.29 is 14.3 Å². The van der Waals surface area contributed by atoms with Gasteiger partial charge in [-0.25, -0.2) is 4.98 Å². The number of carbonyl (C=O) groups is 2. The second kappa shape index (κ2) is 9.81. The monoisotopic (exact) mass is 377 g/mol. The van der Waals surface area contributed by atoms with Crippen LogP contribution in [-0.2, 0) is 9.59 Å². The van der Waals surface area contributed by atoms with E-state index in [1.165, 1.54) is 11.8 Å². The quantitative estimate of drug-likeness (QED) is 0.573. The number of hydrogen-bond donors (Lipinski definition) is 3. The lowest BCUT2D eigenvalue weighted by atomic mass is 10.2. The van der Waals surface area contributed by atoms with Crippen LogP contribution in [0.2, 0.25) is 0 Å². The molecule has 9 heteroatoms. The zero-order chi connectivity index (χ0) is 18.9. The largest absolute Gasteiger partial charge is 0.497 e. The molecule has 8 nitrogen and oxygen atoms in total. The van der Waals surface area contributed by atoms with Crippen molar-refractivity contribution in [3.8, 4) is 17.1 Å². The summed E-state index contributed by atoms with van der Waals surface area (Å²) in [5.41, 5.74) is 0.871. The lowest BCUT2D eigenvalue weighted by molar-refractivity contribution is -0.127. The highest BCUT2D eigenvalue weighted by Gasteiger charge is 2.16. The number of amides is 2. The van der Waals surface area contributed by atoms with Gasteiger partial charge in [0.05, 0.1) is 12.9 Å². The smallest absolute Gasteiger partial charge is 0.242 e. The minimum Gasteiger partial charge on any atom is -0.497 e. The van der Waals surface area contributed by atoms with Crippen molar-refractivity contribution in [2.45, 2.75) is 31.5 Å². The molecule has 3 N–H and O–H groups in total. The van der Waals surface area contributed by atoms with Crippen molar-refractivity contribution in [2.75, 3.05) is 19.4 Å². The Morgan fingerprint density at radius 2 is 2.04 bits per heavy atom.